The lowest BCUT2D eigenvalue weighted by Crippen LogP contribution is -2.27. The summed E-state index contributed by atoms with van der Waals surface area (Å²) < 4.78 is 0.795. The van der Waals surface area contributed by atoms with Gasteiger partial charge in [0.15, 0.2) is 0 Å². The van der Waals surface area contributed by atoms with Crippen molar-refractivity contribution in [2.75, 3.05) is 6.54 Å². The molecule has 0 unspecified atom stereocenters. The first-order valence-corrected chi connectivity index (χ1v) is 9.02. The number of halogens is 2. The molecular formula is C17H12Cl2N2O4S. The second-order valence-electron chi connectivity index (χ2n) is 5.46. The van der Waals surface area contributed by atoms with E-state index < -0.39 is 16.9 Å². The van der Waals surface area contributed by atoms with Crippen molar-refractivity contribution < 1.29 is 14.8 Å². The van der Waals surface area contributed by atoms with Crippen LogP contribution in [0.3, 0.4) is 0 Å². The maximum atomic E-state index is 12.4. The summed E-state index contributed by atoms with van der Waals surface area (Å²) in [7, 11) is 0. The molecule has 9 heteroatoms. The molecule has 3 rings (SSSR count). The predicted molar refractivity (Wildman–Crippen MR) is 102 cm³/mol. The highest BCUT2D eigenvalue weighted by molar-refractivity contribution is 7.21. The Balaban J connectivity index is 1.70. The van der Waals surface area contributed by atoms with Crippen LogP contribution in [-0.4, -0.2) is 22.5 Å². The molecule has 0 saturated carbocycles. The van der Waals surface area contributed by atoms with Gasteiger partial charge in [-0.15, -0.1) is 11.3 Å². The average molecular weight is 411 g/mol. The lowest BCUT2D eigenvalue weighted by atomic mass is 10.1. The zero-order valence-electron chi connectivity index (χ0n) is 13.1. The number of rotatable bonds is 5. The topological polar surface area (TPSA) is 92.5 Å². The van der Waals surface area contributed by atoms with E-state index >= 15 is 0 Å². The summed E-state index contributed by atoms with van der Waals surface area (Å²) in [6, 6.07) is 10.7. The Labute approximate surface area is 162 Å². The number of thiophene rings is 1. The number of nitrogens with zero attached hydrogens (tertiary/aromatic N) is 1. The third-order valence-electron chi connectivity index (χ3n) is 3.74. The number of aliphatic hydroxyl groups is 1. The predicted octanol–water partition coefficient (Wildman–Crippen LogP) is 4.58. The number of carbonyl (C=O) groups is 1. The fourth-order valence-electron chi connectivity index (χ4n) is 2.39. The van der Waals surface area contributed by atoms with Crippen LogP contribution in [0.4, 0.5) is 5.69 Å². The Kier molecular flexibility index (Phi) is 5.43. The summed E-state index contributed by atoms with van der Waals surface area (Å²) in [6.07, 6.45) is -0.998. The molecule has 0 aliphatic rings. The van der Waals surface area contributed by atoms with E-state index in [9.17, 15) is 20.0 Å². The third kappa shape index (κ3) is 3.81. The molecule has 2 aromatic carbocycles. The fourth-order valence-corrected chi connectivity index (χ4v) is 4.10. The zero-order chi connectivity index (χ0) is 18.8. The summed E-state index contributed by atoms with van der Waals surface area (Å²) in [5, 5.41) is 25.1. The molecule has 134 valence electrons. The monoisotopic (exact) mass is 410 g/mol. The van der Waals surface area contributed by atoms with Crippen molar-refractivity contribution in [2.24, 2.45) is 0 Å². The van der Waals surface area contributed by atoms with E-state index in [4.69, 9.17) is 23.2 Å². The van der Waals surface area contributed by atoms with Crippen LogP contribution in [0.15, 0.2) is 42.5 Å². The summed E-state index contributed by atoms with van der Waals surface area (Å²) >= 11 is 13.4. The van der Waals surface area contributed by atoms with E-state index in [0.29, 0.717) is 20.5 Å². The molecule has 1 atom stereocenters. The Bertz CT molecular complexity index is 988. The van der Waals surface area contributed by atoms with Crippen LogP contribution in [0, 0.1) is 10.1 Å². The van der Waals surface area contributed by atoms with Gasteiger partial charge >= 0.3 is 0 Å². The number of non-ortho nitro benzene ring substituents is 1. The third-order valence-corrected chi connectivity index (χ3v) is 5.63. The zero-order valence-corrected chi connectivity index (χ0v) is 15.4. The second kappa shape index (κ2) is 7.59. The van der Waals surface area contributed by atoms with Crippen molar-refractivity contribution in [3.05, 3.63) is 73.1 Å². The Hall–Kier alpha value is -2.19. The summed E-state index contributed by atoms with van der Waals surface area (Å²) in [6.45, 7) is -0.0536. The SMILES string of the molecule is O=C(NC[C@@H](O)c1ccc([N+](=O)[O-])cc1)c1sc2cc(Cl)ccc2c1Cl. The van der Waals surface area contributed by atoms with Gasteiger partial charge in [0, 0.05) is 33.8 Å². The van der Waals surface area contributed by atoms with E-state index in [1.54, 1.807) is 18.2 Å². The molecule has 3 aromatic rings. The van der Waals surface area contributed by atoms with Gasteiger partial charge in [-0.1, -0.05) is 29.3 Å². The number of carbonyl (C=O) groups excluding carboxylic acids is 1. The largest absolute Gasteiger partial charge is 0.387 e. The standard InChI is InChI=1S/C17H12Cl2N2O4S/c18-10-3-6-12-14(7-10)26-16(15(12)19)17(23)20-8-13(22)9-1-4-11(5-2-9)21(24)25/h1-7,13,22H,8H2,(H,20,23)/t13-/m1/s1. The second-order valence-corrected chi connectivity index (χ2v) is 7.33. The molecule has 1 aromatic heterocycles. The van der Waals surface area contributed by atoms with E-state index in [2.05, 4.69) is 5.32 Å². The van der Waals surface area contributed by atoms with Crippen molar-refractivity contribution in [2.45, 2.75) is 6.10 Å². The number of hydrogen-bond donors (Lipinski definition) is 2. The van der Waals surface area contributed by atoms with Crippen molar-refractivity contribution >= 4 is 56.2 Å². The van der Waals surface area contributed by atoms with Gasteiger partial charge in [0.25, 0.3) is 11.6 Å². The highest BCUT2D eigenvalue weighted by Crippen LogP contribution is 2.36. The number of hydrogen-bond acceptors (Lipinski definition) is 5. The maximum absolute atomic E-state index is 12.4. The molecule has 0 radical (unpaired) electrons. The van der Waals surface area contributed by atoms with Crippen molar-refractivity contribution in [1.29, 1.82) is 0 Å². The molecule has 6 nitrogen and oxygen atoms in total. The molecule has 0 aliphatic carbocycles. The van der Waals surface area contributed by atoms with Crippen LogP contribution >= 0.6 is 34.5 Å². The Morgan fingerprint density at radius 1 is 1.23 bits per heavy atom. The van der Waals surface area contributed by atoms with Gasteiger partial charge in [-0.3, -0.25) is 14.9 Å². The van der Waals surface area contributed by atoms with Crippen LogP contribution in [-0.2, 0) is 0 Å². The van der Waals surface area contributed by atoms with Crippen molar-refractivity contribution in [3.8, 4) is 0 Å². The number of nitro groups is 1. The van der Waals surface area contributed by atoms with Crippen LogP contribution < -0.4 is 5.32 Å². The van der Waals surface area contributed by atoms with Gasteiger partial charge in [0.05, 0.1) is 16.0 Å². The van der Waals surface area contributed by atoms with Gasteiger partial charge in [-0.05, 0) is 29.8 Å². The smallest absolute Gasteiger partial charge is 0.269 e. The molecule has 26 heavy (non-hydrogen) atoms. The van der Waals surface area contributed by atoms with Gasteiger partial charge < -0.3 is 10.4 Å². The number of nitro benzene ring substituents is 1. The summed E-state index contributed by atoms with van der Waals surface area (Å²) in [4.78, 5) is 22.8. The Morgan fingerprint density at radius 3 is 2.58 bits per heavy atom. The highest BCUT2D eigenvalue weighted by atomic mass is 35.5. The number of nitrogens with one attached hydrogen (secondary N) is 1. The minimum absolute atomic E-state index is 0.0536. The lowest BCUT2D eigenvalue weighted by Gasteiger charge is -2.11. The molecule has 1 amide bonds. The molecule has 1 heterocycles. The van der Waals surface area contributed by atoms with Gasteiger partial charge in [-0.2, -0.15) is 0 Å². The molecule has 0 fully saturated rings. The lowest BCUT2D eigenvalue weighted by molar-refractivity contribution is -0.384. The van der Waals surface area contributed by atoms with Crippen molar-refractivity contribution in [1.82, 2.24) is 5.32 Å². The number of aliphatic hydroxyl groups excluding tert-OH is 1. The first kappa shape index (κ1) is 18.6. The number of benzene rings is 2. The molecule has 0 spiro atoms. The Morgan fingerprint density at radius 2 is 1.92 bits per heavy atom. The van der Waals surface area contributed by atoms with E-state index in [-0.39, 0.29) is 12.2 Å². The molecule has 2 N–H and O–H groups in total. The molecule has 0 aliphatic heterocycles. The maximum Gasteiger partial charge on any atom is 0.269 e. The van der Waals surface area contributed by atoms with Crippen molar-refractivity contribution in [3.63, 3.8) is 0 Å². The molecular weight excluding hydrogens is 399 g/mol. The summed E-state index contributed by atoms with van der Waals surface area (Å²) in [5.74, 6) is -0.409. The quantitative estimate of drug-likeness (QED) is 0.475. The highest BCUT2D eigenvalue weighted by Gasteiger charge is 2.19. The van der Waals surface area contributed by atoms with Gasteiger partial charge in [0.2, 0.25) is 0 Å². The number of fused-ring (bicyclic) bond motifs is 1. The molecule has 0 bridgehead atoms. The van der Waals surface area contributed by atoms with E-state index in [1.165, 1.54) is 35.6 Å². The first-order chi connectivity index (χ1) is 12.4. The van der Waals surface area contributed by atoms with Gasteiger partial charge in [0.1, 0.15) is 4.88 Å². The van der Waals surface area contributed by atoms with Crippen LogP contribution in [0.5, 0.6) is 0 Å². The molecule has 0 saturated heterocycles. The van der Waals surface area contributed by atoms with Gasteiger partial charge in [-0.25, -0.2) is 0 Å². The van der Waals surface area contributed by atoms with Crippen LogP contribution in [0.25, 0.3) is 10.1 Å². The minimum atomic E-state index is -0.998. The normalized spacial score (nSPS) is 12.1. The van der Waals surface area contributed by atoms with E-state index in [1.807, 2.05) is 0 Å². The fraction of sp³-hybridized carbons (Fsp3) is 0.118. The van der Waals surface area contributed by atoms with E-state index in [0.717, 1.165) is 10.1 Å². The minimum Gasteiger partial charge on any atom is -0.387 e. The number of amides is 1. The average Bonchev–Trinajstić information content (AvgIpc) is 2.95. The first-order valence-electron chi connectivity index (χ1n) is 7.45. The van der Waals surface area contributed by atoms with Crippen LogP contribution in [0.2, 0.25) is 10.0 Å². The summed E-state index contributed by atoms with van der Waals surface area (Å²) in [5.41, 5.74) is 0.394. The van der Waals surface area contributed by atoms with Crippen LogP contribution in [0.1, 0.15) is 21.3 Å².